The number of nitro benzene ring substituents is 1. The molecule has 3 rings (SSSR count). The van der Waals surface area contributed by atoms with Crippen LogP contribution in [0.1, 0.15) is 10.4 Å². The molecular weight excluding hydrogens is 346 g/mol. The quantitative estimate of drug-likeness (QED) is 0.667. The minimum Gasteiger partial charge on any atom is -0.378 e. The number of halogens is 1. The zero-order valence-electron chi connectivity index (χ0n) is 13.3. The van der Waals surface area contributed by atoms with E-state index in [4.69, 9.17) is 16.3 Å². The molecule has 8 heteroatoms. The molecule has 1 saturated heterocycles. The average molecular weight is 362 g/mol. The zero-order chi connectivity index (χ0) is 17.8. The number of ether oxygens (including phenoxy) is 1. The van der Waals surface area contributed by atoms with Crippen molar-refractivity contribution in [2.24, 2.45) is 0 Å². The van der Waals surface area contributed by atoms with Crippen LogP contribution in [-0.2, 0) is 4.74 Å². The molecule has 0 bridgehead atoms. The molecule has 7 nitrogen and oxygen atoms in total. The van der Waals surface area contributed by atoms with Crippen LogP contribution in [0.25, 0.3) is 0 Å². The Morgan fingerprint density at radius 1 is 1.20 bits per heavy atom. The van der Waals surface area contributed by atoms with E-state index in [0.717, 1.165) is 5.69 Å². The van der Waals surface area contributed by atoms with Gasteiger partial charge in [-0.3, -0.25) is 14.9 Å². The predicted molar refractivity (Wildman–Crippen MR) is 95.5 cm³/mol. The lowest BCUT2D eigenvalue weighted by Crippen LogP contribution is -2.36. The van der Waals surface area contributed by atoms with Gasteiger partial charge in [0, 0.05) is 35.8 Å². The van der Waals surface area contributed by atoms with Crippen molar-refractivity contribution in [3.63, 3.8) is 0 Å². The average Bonchev–Trinajstić information content (AvgIpc) is 2.62. The molecule has 1 heterocycles. The van der Waals surface area contributed by atoms with E-state index in [9.17, 15) is 14.9 Å². The highest BCUT2D eigenvalue weighted by Gasteiger charge is 2.18. The van der Waals surface area contributed by atoms with E-state index in [0.29, 0.717) is 37.0 Å². The maximum absolute atomic E-state index is 12.5. The second-order valence-corrected chi connectivity index (χ2v) is 5.96. The number of morpholine rings is 1. The van der Waals surface area contributed by atoms with Crippen molar-refractivity contribution in [1.29, 1.82) is 0 Å². The minimum absolute atomic E-state index is 0.132. The second kappa shape index (κ2) is 7.50. The van der Waals surface area contributed by atoms with Gasteiger partial charge in [-0.15, -0.1) is 0 Å². The first-order chi connectivity index (χ1) is 12.0. The van der Waals surface area contributed by atoms with Crippen LogP contribution in [0.5, 0.6) is 0 Å². The van der Waals surface area contributed by atoms with Gasteiger partial charge in [-0.1, -0.05) is 17.7 Å². The third kappa shape index (κ3) is 4.07. The van der Waals surface area contributed by atoms with E-state index in [1.54, 1.807) is 12.1 Å². The van der Waals surface area contributed by atoms with Gasteiger partial charge < -0.3 is 15.0 Å². The first-order valence-electron chi connectivity index (χ1n) is 7.72. The lowest BCUT2D eigenvalue weighted by molar-refractivity contribution is -0.384. The fourth-order valence-electron chi connectivity index (χ4n) is 2.64. The molecular formula is C17H16ClN3O4. The summed E-state index contributed by atoms with van der Waals surface area (Å²) in [5.74, 6) is -0.430. The topological polar surface area (TPSA) is 84.7 Å². The van der Waals surface area contributed by atoms with Crippen LogP contribution in [0.15, 0.2) is 42.5 Å². The van der Waals surface area contributed by atoms with Crippen LogP contribution in [-0.4, -0.2) is 37.1 Å². The van der Waals surface area contributed by atoms with E-state index in [1.807, 2.05) is 6.07 Å². The normalized spacial score (nSPS) is 14.2. The maximum Gasteiger partial charge on any atom is 0.270 e. The molecule has 1 fully saturated rings. The summed E-state index contributed by atoms with van der Waals surface area (Å²) in [6.07, 6.45) is 0. The van der Waals surface area contributed by atoms with Gasteiger partial charge in [-0.05, 0) is 24.3 Å². The van der Waals surface area contributed by atoms with Crippen LogP contribution < -0.4 is 10.2 Å². The van der Waals surface area contributed by atoms with Crippen LogP contribution in [0.4, 0.5) is 17.1 Å². The Balaban J connectivity index is 1.86. The highest BCUT2D eigenvalue weighted by Crippen LogP contribution is 2.30. The molecule has 2 aromatic carbocycles. The van der Waals surface area contributed by atoms with E-state index >= 15 is 0 Å². The van der Waals surface area contributed by atoms with Crippen molar-refractivity contribution in [2.75, 3.05) is 36.5 Å². The zero-order valence-corrected chi connectivity index (χ0v) is 14.0. The van der Waals surface area contributed by atoms with E-state index < -0.39 is 10.8 Å². The Kier molecular flexibility index (Phi) is 5.16. The van der Waals surface area contributed by atoms with Gasteiger partial charge in [0.05, 0.1) is 29.5 Å². The summed E-state index contributed by atoms with van der Waals surface area (Å²) in [6.45, 7) is 2.64. The number of nitrogens with one attached hydrogen (secondary N) is 1. The van der Waals surface area contributed by atoms with Crippen LogP contribution in [0.3, 0.4) is 0 Å². The number of rotatable bonds is 4. The lowest BCUT2D eigenvalue weighted by Gasteiger charge is -2.30. The summed E-state index contributed by atoms with van der Waals surface area (Å²) in [5, 5.41) is 14.2. The second-order valence-electron chi connectivity index (χ2n) is 5.52. The van der Waals surface area contributed by atoms with E-state index in [-0.39, 0.29) is 11.3 Å². The standard InChI is InChI=1S/C17H16ClN3O4/c18-13-4-5-16(20-6-8-25-9-7-20)15(11-13)19-17(22)12-2-1-3-14(10-12)21(23)24/h1-5,10-11H,6-9H2,(H,19,22). The number of hydrogen-bond acceptors (Lipinski definition) is 5. The Bertz CT molecular complexity index is 806. The van der Waals surface area contributed by atoms with Gasteiger partial charge >= 0.3 is 0 Å². The van der Waals surface area contributed by atoms with Gasteiger partial charge in [0.1, 0.15) is 0 Å². The van der Waals surface area contributed by atoms with Crippen molar-refractivity contribution < 1.29 is 14.5 Å². The maximum atomic E-state index is 12.5. The summed E-state index contributed by atoms with van der Waals surface area (Å²) in [4.78, 5) is 25.0. The highest BCUT2D eigenvalue weighted by molar-refractivity contribution is 6.31. The third-order valence-corrected chi connectivity index (χ3v) is 4.11. The summed E-state index contributed by atoms with van der Waals surface area (Å²) >= 11 is 6.07. The molecule has 1 amide bonds. The van der Waals surface area contributed by atoms with Crippen molar-refractivity contribution in [3.8, 4) is 0 Å². The van der Waals surface area contributed by atoms with Crippen molar-refractivity contribution >= 4 is 34.6 Å². The Hall–Kier alpha value is -2.64. The summed E-state index contributed by atoms with van der Waals surface area (Å²) < 4.78 is 5.35. The molecule has 0 aliphatic carbocycles. The first-order valence-corrected chi connectivity index (χ1v) is 8.10. The third-order valence-electron chi connectivity index (χ3n) is 3.88. The fraction of sp³-hybridized carbons (Fsp3) is 0.235. The van der Waals surface area contributed by atoms with Crippen LogP contribution >= 0.6 is 11.6 Å². The van der Waals surface area contributed by atoms with Crippen molar-refractivity contribution in [2.45, 2.75) is 0 Å². The smallest absolute Gasteiger partial charge is 0.270 e. The van der Waals surface area contributed by atoms with Gasteiger partial charge in [0.2, 0.25) is 0 Å². The predicted octanol–water partition coefficient (Wildman–Crippen LogP) is 3.34. The fourth-order valence-corrected chi connectivity index (χ4v) is 2.82. The van der Waals surface area contributed by atoms with Gasteiger partial charge in [0.25, 0.3) is 11.6 Å². The summed E-state index contributed by atoms with van der Waals surface area (Å²) in [6, 6.07) is 10.9. The SMILES string of the molecule is O=C(Nc1cc(Cl)ccc1N1CCOCC1)c1cccc([N+](=O)[O-])c1. The molecule has 0 spiro atoms. The van der Waals surface area contributed by atoms with Crippen molar-refractivity contribution in [3.05, 3.63) is 63.2 Å². The molecule has 2 aromatic rings. The lowest BCUT2D eigenvalue weighted by atomic mass is 10.1. The monoisotopic (exact) mass is 361 g/mol. The molecule has 25 heavy (non-hydrogen) atoms. The van der Waals surface area contributed by atoms with Gasteiger partial charge in [-0.2, -0.15) is 0 Å². The number of amides is 1. The molecule has 0 saturated carbocycles. The number of carbonyl (C=O) groups excluding carboxylic acids is 1. The van der Waals surface area contributed by atoms with Gasteiger partial charge in [0.15, 0.2) is 0 Å². The van der Waals surface area contributed by atoms with Crippen LogP contribution in [0.2, 0.25) is 5.02 Å². The number of non-ortho nitro benzene ring substituents is 1. The molecule has 0 atom stereocenters. The van der Waals surface area contributed by atoms with E-state index in [2.05, 4.69) is 10.2 Å². The number of nitro groups is 1. The van der Waals surface area contributed by atoms with Crippen LogP contribution in [0, 0.1) is 10.1 Å². The number of anilines is 2. The molecule has 0 aromatic heterocycles. The summed E-state index contributed by atoms with van der Waals surface area (Å²) in [5.41, 5.74) is 1.48. The molecule has 1 N–H and O–H groups in total. The molecule has 1 aliphatic heterocycles. The Morgan fingerprint density at radius 3 is 2.68 bits per heavy atom. The number of nitrogens with zero attached hydrogens (tertiary/aromatic N) is 2. The highest BCUT2D eigenvalue weighted by atomic mass is 35.5. The summed E-state index contributed by atoms with van der Waals surface area (Å²) in [7, 11) is 0. The molecule has 0 radical (unpaired) electrons. The van der Waals surface area contributed by atoms with E-state index in [1.165, 1.54) is 24.3 Å². The largest absolute Gasteiger partial charge is 0.378 e. The van der Waals surface area contributed by atoms with Gasteiger partial charge in [-0.25, -0.2) is 0 Å². The Morgan fingerprint density at radius 2 is 1.96 bits per heavy atom. The number of carbonyl (C=O) groups is 1. The number of hydrogen-bond donors (Lipinski definition) is 1. The molecule has 130 valence electrons. The Labute approximate surface area is 149 Å². The molecule has 1 aliphatic rings. The van der Waals surface area contributed by atoms with Crippen molar-refractivity contribution in [1.82, 2.24) is 0 Å². The molecule has 0 unspecified atom stereocenters. The number of benzene rings is 2. The first kappa shape index (κ1) is 17.2. The minimum atomic E-state index is -0.532.